The normalized spacial score (nSPS) is 10.7. The minimum absolute atomic E-state index is 0.145. The van der Waals surface area contributed by atoms with Gasteiger partial charge < -0.3 is 10.1 Å². The number of hydrogen-bond donors (Lipinski definition) is 2. The molecular formula is C22H20Br2N2O2S. The largest absolute Gasteiger partial charge is 0.483 e. The van der Waals surface area contributed by atoms with Crippen molar-refractivity contribution < 1.29 is 9.53 Å². The number of benzene rings is 3. The molecule has 0 aromatic heterocycles. The molecule has 0 radical (unpaired) electrons. The van der Waals surface area contributed by atoms with Gasteiger partial charge in [-0.25, -0.2) is 0 Å². The lowest BCUT2D eigenvalue weighted by Gasteiger charge is -2.15. The average molecular weight is 536 g/mol. The number of nitrogens with one attached hydrogen (secondary N) is 2. The Kier molecular flexibility index (Phi) is 6.93. The topological polar surface area (TPSA) is 50.4 Å². The van der Waals surface area contributed by atoms with Gasteiger partial charge >= 0.3 is 0 Å². The van der Waals surface area contributed by atoms with Crippen molar-refractivity contribution in [1.82, 2.24) is 5.32 Å². The summed E-state index contributed by atoms with van der Waals surface area (Å²) in [5.74, 6) is 0.270. The molecule has 0 bridgehead atoms. The highest BCUT2D eigenvalue weighted by atomic mass is 79.9. The van der Waals surface area contributed by atoms with Crippen molar-refractivity contribution in [2.45, 2.75) is 20.8 Å². The van der Waals surface area contributed by atoms with Crippen LogP contribution in [-0.4, -0.2) is 17.6 Å². The van der Waals surface area contributed by atoms with E-state index < -0.39 is 0 Å². The first-order valence-electron chi connectivity index (χ1n) is 8.94. The second kappa shape index (κ2) is 9.24. The van der Waals surface area contributed by atoms with Gasteiger partial charge in [-0.15, -0.1) is 0 Å². The highest BCUT2D eigenvalue weighted by Crippen LogP contribution is 2.34. The molecule has 3 aromatic carbocycles. The van der Waals surface area contributed by atoms with Crippen LogP contribution in [0.5, 0.6) is 5.75 Å². The first-order valence-corrected chi connectivity index (χ1v) is 10.9. The molecule has 150 valence electrons. The zero-order valence-electron chi connectivity index (χ0n) is 16.2. The number of amides is 1. The highest BCUT2D eigenvalue weighted by molar-refractivity contribution is 9.11. The molecule has 1 amide bonds. The molecule has 0 heterocycles. The SMILES string of the molecule is Cc1cc(C)c(NC(=S)NC(=O)COc2ccc3cc(Br)ccc3c2Br)c(C)c1. The van der Waals surface area contributed by atoms with Crippen LogP contribution in [0, 0.1) is 20.8 Å². The van der Waals surface area contributed by atoms with E-state index in [9.17, 15) is 4.79 Å². The third kappa shape index (κ3) is 5.35. The van der Waals surface area contributed by atoms with E-state index in [1.54, 1.807) is 0 Å². The van der Waals surface area contributed by atoms with Crippen LogP contribution in [0.15, 0.2) is 51.4 Å². The van der Waals surface area contributed by atoms with Gasteiger partial charge in [-0.1, -0.05) is 45.8 Å². The molecule has 0 aliphatic heterocycles. The van der Waals surface area contributed by atoms with Gasteiger partial charge in [0.25, 0.3) is 5.91 Å². The summed E-state index contributed by atoms with van der Waals surface area (Å²) in [5, 5.41) is 8.09. The minimum Gasteiger partial charge on any atom is -0.483 e. The number of fused-ring (bicyclic) bond motifs is 1. The molecule has 2 N–H and O–H groups in total. The molecule has 0 atom stereocenters. The van der Waals surface area contributed by atoms with E-state index in [-0.39, 0.29) is 17.6 Å². The predicted octanol–water partition coefficient (Wildman–Crippen LogP) is 6.18. The van der Waals surface area contributed by atoms with Crippen LogP contribution in [0.4, 0.5) is 5.69 Å². The molecule has 0 aliphatic rings. The van der Waals surface area contributed by atoms with Gasteiger partial charge in [-0.05, 0) is 89.0 Å². The maximum atomic E-state index is 12.3. The molecule has 4 nitrogen and oxygen atoms in total. The van der Waals surface area contributed by atoms with Crippen LogP contribution < -0.4 is 15.4 Å². The quantitative estimate of drug-likeness (QED) is 0.391. The number of aryl methyl sites for hydroxylation is 3. The first-order chi connectivity index (χ1) is 13.7. The van der Waals surface area contributed by atoms with Gasteiger partial charge in [0.15, 0.2) is 11.7 Å². The maximum Gasteiger partial charge on any atom is 0.264 e. The molecule has 0 aliphatic carbocycles. The van der Waals surface area contributed by atoms with Crippen molar-refractivity contribution in [2.24, 2.45) is 0 Å². The summed E-state index contributed by atoms with van der Waals surface area (Å²) in [6.07, 6.45) is 0. The van der Waals surface area contributed by atoms with Crippen molar-refractivity contribution in [1.29, 1.82) is 0 Å². The Morgan fingerprint density at radius 3 is 2.41 bits per heavy atom. The summed E-state index contributed by atoms with van der Waals surface area (Å²) in [4.78, 5) is 12.3. The molecule has 29 heavy (non-hydrogen) atoms. The standard InChI is InChI=1S/C22H20Br2N2O2S/c1-12-8-13(2)21(14(3)9-12)26-22(29)25-19(27)11-28-18-7-4-15-10-16(23)5-6-17(15)20(18)24/h4-10H,11H2,1-3H3,(H2,25,26,27,29). The van der Waals surface area contributed by atoms with E-state index in [4.69, 9.17) is 17.0 Å². The second-order valence-corrected chi connectivity index (χ2v) is 8.92. The van der Waals surface area contributed by atoms with E-state index in [1.807, 2.05) is 51.1 Å². The van der Waals surface area contributed by atoms with E-state index in [2.05, 4.69) is 54.6 Å². The molecule has 0 fully saturated rings. The molecule has 0 spiro atoms. The van der Waals surface area contributed by atoms with Crippen LogP contribution in [0.3, 0.4) is 0 Å². The Bertz CT molecular complexity index is 1090. The Morgan fingerprint density at radius 1 is 1.03 bits per heavy atom. The molecule has 0 saturated carbocycles. The second-order valence-electron chi connectivity index (χ2n) is 6.81. The van der Waals surface area contributed by atoms with Gasteiger partial charge in [0.2, 0.25) is 0 Å². The van der Waals surface area contributed by atoms with Gasteiger partial charge in [-0.2, -0.15) is 0 Å². The van der Waals surface area contributed by atoms with Gasteiger partial charge in [0.05, 0.1) is 4.47 Å². The van der Waals surface area contributed by atoms with Crippen LogP contribution in [0.25, 0.3) is 10.8 Å². The number of ether oxygens (including phenoxy) is 1. The number of anilines is 1. The summed E-state index contributed by atoms with van der Waals surface area (Å²) >= 11 is 12.3. The average Bonchev–Trinajstić information content (AvgIpc) is 2.64. The van der Waals surface area contributed by atoms with E-state index in [0.717, 1.165) is 36.5 Å². The van der Waals surface area contributed by atoms with E-state index >= 15 is 0 Å². The summed E-state index contributed by atoms with van der Waals surface area (Å²) in [7, 11) is 0. The van der Waals surface area contributed by atoms with Crippen molar-refractivity contribution in [2.75, 3.05) is 11.9 Å². The number of hydrogen-bond acceptors (Lipinski definition) is 3. The van der Waals surface area contributed by atoms with E-state index in [1.165, 1.54) is 5.56 Å². The Hall–Kier alpha value is -1.96. The maximum absolute atomic E-state index is 12.3. The molecule has 3 aromatic rings. The molecule has 0 saturated heterocycles. The molecule has 0 unspecified atom stereocenters. The third-order valence-corrected chi connectivity index (χ3v) is 5.92. The Morgan fingerprint density at radius 2 is 1.72 bits per heavy atom. The summed E-state index contributed by atoms with van der Waals surface area (Å²) < 4.78 is 7.51. The van der Waals surface area contributed by atoms with Crippen molar-refractivity contribution in [3.05, 3.63) is 68.1 Å². The number of thiocarbonyl (C=S) groups is 1. The molecule has 3 rings (SSSR count). The van der Waals surface area contributed by atoms with Crippen LogP contribution in [0.1, 0.15) is 16.7 Å². The first kappa shape index (κ1) is 21.7. The van der Waals surface area contributed by atoms with Crippen LogP contribution in [-0.2, 0) is 4.79 Å². The lowest BCUT2D eigenvalue weighted by atomic mass is 10.1. The number of rotatable bonds is 4. The van der Waals surface area contributed by atoms with Crippen LogP contribution in [0.2, 0.25) is 0 Å². The Labute approximate surface area is 192 Å². The van der Waals surface area contributed by atoms with Crippen molar-refractivity contribution in [3.63, 3.8) is 0 Å². The lowest BCUT2D eigenvalue weighted by molar-refractivity contribution is -0.121. The van der Waals surface area contributed by atoms with Gasteiger partial charge in [-0.3, -0.25) is 10.1 Å². The summed E-state index contributed by atoms with van der Waals surface area (Å²) in [5.41, 5.74) is 4.23. The number of carbonyl (C=O) groups is 1. The lowest BCUT2D eigenvalue weighted by Crippen LogP contribution is -2.37. The number of halogens is 2. The number of carbonyl (C=O) groups excluding carboxylic acids is 1. The third-order valence-electron chi connectivity index (χ3n) is 4.41. The zero-order valence-corrected chi connectivity index (χ0v) is 20.2. The molecule has 7 heteroatoms. The van der Waals surface area contributed by atoms with Crippen LogP contribution >= 0.6 is 44.1 Å². The summed E-state index contributed by atoms with van der Waals surface area (Å²) in [6.45, 7) is 5.91. The fourth-order valence-corrected chi connectivity index (χ4v) is 4.38. The van der Waals surface area contributed by atoms with Gasteiger partial charge in [0, 0.05) is 10.2 Å². The van der Waals surface area contributed by atoms with Crippen molar-refractivity contribution in [3.8, 4) is 5.75 Å². The minimum atomic E-state index is -0.326. The molecular weight excluding hydrogens is 516 g/mol. The zero-order chi connectivity index (χ0) is 21.1. The predicted molar refractivity (Wildman–Crippen MR) is 130 cm³/mol. The fourth-order valence-electron chi connectivity index (χ4n) is 3.18. The summed E-state index contributed by atoms with van der Waals surface area (Å²) in [6, 6.07) is 13.9. The van der Waals surface area contributed by atoms with Crippen molar-refractivity contribution >= 4 is 71.6 Å². The van der Waals surface area contributed by atoms with Gasteiger partial charge in [0.1, 0.15) is 5.75 Å². The monoisotopic (exact) mass is 534 g/mol. The highest BCUT2D eigenvalue weighted by Gasteiger charge is 2.12. The van der Waals surface area contributed by atoms with E-state index in [0.29, 0.717) is 5.75 Å². The fraction of sp³-hybridized carbons (Fsp3) is 0.182. The smallest absolute Gasteiger partial charge is 0.264 e. The Balaban J connectivity index is 1.61.